The third kappa shape index (κ3) is 3.52. The fraction of sp³-hybridized carbons (Fsp3) is 0.278. The first-order chi connectivity index (χ1) is 11.9. The first-order valence-electron chi connectivity index (χ1n) is 7.87. The van der Waals surface area contributed by atoms with Crippen molar-refractivity contribution in [2.24, 2.45) is 0 Å². The van der Waals surface area contributed by atoms with E-state index in [9.17, 15) is 13.2 Å². The molecule has 0 saturated heterocycles. The molecule has 0 aliphatic carbocycles. The van der Waals surface area contributed by atoms with Gasteiger partial charge in [-0.05, 0) is 41.3 Å². The van der Waals surface area contributed by atoms with Gasteiger partial charge < -0.3 is 9.84 Å². The van der Waals surface area contributed by atoms with Crippen molar-refractivity contribution in [3.05, 3.63) is 59.2 Å². The van der Waals surface area contributed by atoms with Gasteiger partial charge in [-0.25, -0.2) is 8.42 Å². The molecule has 3 rings (SSSR count). The van der Waals surface area contributed by atoms with Gasteiger partial charge in [0.1, 0.15) is 5.75 Å². The number of sulfonamides is 1. The Morgan fingerprint density at radius 1 is 1.20 bits per heavy atom. The van der Waals surface area contributed by atoms with E-state index >= 15 is 0 Å². The smallest absolute Gasteiger partial charge is 0.307 e. The van der Waals surface area contributed by atoms with Crippen molar-refractivity contribution in [3.63, 3.8) is 0 Å². The van der Waals surface area contributed by atoms with Crippen molar-refractivity contribution in [1.82, 2.24) is 4.31 Å². The summed E-state index contributed by atoms with van der Waals surface area (Å²) in [6, 6.07) is 12.2. The number of ether oxygens (including phenoxy) is 1. The van der Waals surface area contributed by atoms with E-state index in [1.54, 1.807) is 0 Å². The molecule has 2 aromatic rings. The molecule has 0 bridgehead atoms. The zero-order chi connectivity index (χ0) is 18.0. The minimum atomic E-state index is -3.79. The van der Waals surface area contributed by atoms with Gasteiger partial charge in [0.25, 0.3) is 0 Å². The van der Waals surface area contributed by atoms with Crippen LogP contribution in [0.1, 0.15) is 16.7 Å². The average molecular weight is 361 g/mol. The predicted octanol–water partition coefficient (Wildman–Crippen LogP) is 2.07. The maximum absolute atomic E-state index is 13.1. The molecule has 0 unspecified atom stereocenters. The Morgan fingerprint density at radius 3 is 2.60 bits per heavy atom. The van der Waals surface area contributed by atoms with Crippen LogP contribution in [0.2, 0.25) is 0 Å². The Morgan fingerprint density at radius 2 is 1.92 bits per heavy atom. The van der Waals surface area contributed by atoms with E-state index in [0.29, 0.717) is 18.7 Å². The fourth-order valence-corrected chi connectivity index (χ4v) is 4.67. The number of benzene rings is 2. The van der Waals surface area contributed by atoms with Crippen molar-refractivity contribution in [2.75, 3.05) is 13.7 Å². The summed E-state index contributed by atoms with van der Waals surface area (Å²) in [7, 11) is -2.34. The van der Waals surface area contributed by atoms with Gasteiger partial charge in [-0.3, -0.25) is 4.79 Å². The van der Waals surface area contributed by atoms with E-state index in [1.807, 2.05) is 24.3 Å². The summed E-state index contributed by atoms with van der Waals surface area (Å²) in [5.41, 5.74) is 2.35. The van der Waals surface area contributed by atoms with Crippen molar-refractivity contribution in [2.45, 2.75) is 24.3 Å². The Labute approximate surface area is 146 Å². The summed E-state index contributed by atoms with van der Waals surface area (Å²) >= 11 is 0. The van der Waals surface area contributed by atoms with Crippen LogP contribution >= 0.6 is 0 Å². The van der Waals surface area contributed by atoms with Crippen molar-refractivity contribution < 1.29 is 23.1 Å². The molecule has 1 aliphatic rings. The van der Waals surface area contributed by atoms with Crippen LogP contribution < -0.4 is 4.74 Å². The normalized spacial score (nSPS) is 14.8. The number of rotatable bonds is 5. The van der Waals surface area contributed by atoms with E-state index in [-0.39, 0.29) is 23.4 Å². The fourth-order valence-electron chi connectivity index (χ4n) is 3.05. The summed E-state index contributed by atoms with van der Waals surface area (Å²) in [6.07, 6.45) is 0.260. The summed E-state index contributed by atoms with van der Waals surface area (Å²) in [5, 5.41) is 9.11. The number of aliphatic carboxylic acids is 1. The van der Waals surface area contributed by atoms with Crippen molar-refractivity contribution in [1.29, 1.82) is 0 Å². The Hall–Kier alpha value is -2.38. The second-order valence-electron chi connectivity index (χ2n) is 5.90. The number of methoxy groups -OCH3 is 1. The monoisotopic (exact) mass is 361 g/mol. The van der Waals surface area contributed by atoms with E-state index in [0.717, 1.165) is 11.1 Å². The number of fused-ring (bicyclic) bond motifs is 1. The lowest BCUT2D eigenvalue weighted by atomic mass is 10.0. The summed E-state index contributed by atoms with van der Waals surface area (Å²) in [6.45, 7) is 0.662. The molecule has 0 atom stereocenters. The molecule has 0 aromatic heterocycles. The standard InChI is InChI=1S/C18H19NO5S/c1-24-16-6-7-17(15(10-16)11-18(20)21)25(22,23)19-9-8-13-4-2-3-5-14(13)12-19/h2-7,10H,8-9,11-12H2,1H3,(H,20,21). The molecular weight excluding hydrogens is 342 g/mol. The first kappa shape index (κ1) is 17.4. The van der Waals surface area contributed by atoms with Crippen LogP contribution in [0, 0.1) is 0 Å². The van der Waals surface area contributed by atoms with Gasteiger partial charge in [-0.1, -0.05) is 24.3 Å². The van der Waals surface area contributed by atoms with Gasteiger partial charge in [0.15, 0.2) is 0 Å². The molecule has 1 N–H and O–H groups in total. The van der Waals surface area contributed by atoms with Crippen LogP contribution in [0.3, 0.4) is 0 Å². The molecule has 0 radical (unpaired) electrons. The molecule has 0 saturated carbocycles. The molecule has 0 amide bonds. The van der Waals surface area contributed by atoms with Crippen LogP contribution in [0.15, 0.2) is 47.4 Å². The minimum Gasteiger partial charge on any atom is -0.497 e. The van der Waals surface area contributed by atoms with Gasteiger partial charge in [-0.15, -0.1) is 0 Å². The number of carboxylic acid groups (broad SMARTS) is 1. The van der Waals surface area contributed by atoms with Gasteiger partial charge in [-0.2, -0.15) is 4.31 Å². The largest absolute Gasteiger partial charge is 0.497 e. The Bertz CT molecular complexity index is 907. The average Bonchev–Trinajstić information content (AvgIpc) is 2.60. The van der Waals surface area contributed by atoms with Crippen LogP contribution in [-0.2, 0) is 34.2 Å². The summed E-state index contributed by atoms with van der Waals surface area (Å²) < 4.78 is 32.7. The number of carboxylic acids is 1. The molecule has 2 aromatic carbocycles. The minimum absolute atomic E-state index is 0.0232. The number of carbonyl (C=O) groups is 1. The summed E-state index contributed by atoms with van der Waals surface area (Å²) in [5.74, 6) is -0.659. The first-order valence-corrected chi connectivity index (χ1v) is 9.31. The maximum atomic E-state index is 13.1. The molecule has 7 heteroatoms. The van der Waals surface area contributed by atoms with E-state index in [4.69, 9.17) is 9.84 Å². The highest BCUT2D eigenvalue weighted by Gasteiger charge is 2.30. The van der Waals surface area contributed by atoms with Crippen molar-refractivity contribution in [3.8, 4) is 5.75 Å². The molecule has 0 fully saturated rings. The highest BCUT2D eigenvalue weighted by atomic mass is 32.2. The molecule has 0 spiro atoms. The maximum Gasteiger partial charge on any atom is 0.307 e. The highest BCUT2D eigenvalue weighted by Crippen LogP contribution is 2.29. The predicted molar refractivity (Wildman–Crippen MR) is 92.1 cm³/mol. The third-order valence-electron chi connectivity index (χ3n) is 4.32. The van der Waals surface area contributed by atoms with Crippen LogP contribution in [0.25, 0.3) is 0 Å². The van der Waals surface area contributed by atoms with Crippen LogP contribution in [-0.4, -0.2) is 37.5 Å². The zero-order valence-corrected chi connectivity index (χ0v) is 14.6. The number of nitrogens with zero attached hydrogens (tertiary/aromatic N) is 1. The lowest BCUT2D eigenvalue weighted by molar-refractivity contribution is -0.136. The van der Waals surface area contributed by atoms with Crippen molar-refractivity contribution >= 4 is 16.0 Å². The van der Waals surface area contributed by atoms with Gasteiger partial charge in [0.05, 0.1) is 18.4 Å². The second-order valence-corrected chi connectivity index (χ2v) is 7.81. The highest BCUT2D eigenvalue weighted by molar-refractivity contribution is 7.89. The van der Waals surface area contributed by atoms with Crippen LogP contribution in [0.4, 0.5) is 0 Å². The number of hydrogen-bond acceptors (Lipinski definition) is 4. The van der Waals surface area contributed by atoms with Gasteiger partial charge in [0, 0.05) is 13.1 Å². The Balaban J connectivity index is 1.99. The van der Waals surface area contributed by atoms with E-state index in [2.05, 4.69) is 0 Å². The molecule has 1 aliphatic heterocycles. The molecule has 132 valence electrons. The lowest BCUT2D eigenvalue weighted by Gasteiger charge is -2.28. The zero-order valence-electron chi connectivity index (χ0n) is 13.8. The van der Waals surface area contributed by atoms with Gasteiger partial charge >= 0.3 is 5.97 Å². The quantitative estimate of drug-likeness (QED) is 0.881. The molecule has 6 nitrogen and oxygen atoms in total. The van der Waals surface area contributed by atoms with Crippen LogP contribution in [0.5, 0.6) is 5.75 Å². The molecule has 25 heavy (non-hydrogen) atoms. The van der Waals surface area contributed by atoms with Gasteiger partial charge in [0.2, 0.25) is 10.0 Å². The SMILES string of the molecule is COc1ccc(S(=O)(=O)N2CCc3ccccc3C2)c(CC(=O)O)c1. The lowest BCUT2D eigenvalue weighted by Crippen LogP contribution is -2.36. The van der Waals surface area contributed by atoms with E-state index in [1.165, 1.54) is 29.6 Å². The van der Waals surface area contributed by atoms with E-state index < -0.39 is 16.0 Å². The third-order valence-corrected chi connectivity index (χ3v) is 6.27. The second kappa shape index (κ2) is 6.85. The topological polar surface area (TPSA) is 83.9 Å². The molecular formula is C18H19NO5S. The summed E-state index contributed by atoms with van der Waals surface area (Å²) in [4.78, 5) is 11.2. The number of hydrogen-bond donors (Lipinski definition) is 1. The molecule has 1 heterocycles. The Kier molecular flexibility index (Phi) is 4.78.